The summed E-state index contributed by atoms with van der Waals surface area (Å²) in [6, 6.07) is 19.3. The highest BCUT2D eigenvalue weighted by molar-refractivity contribution is 8.00. The summed E-state index contributed by atoms with van der Waals surface area (Å²) in [7, 11) is 0. The van der Waals surface area contributed by atoms with E-state index in [1.54, 1.807) is 30.3 Å². The monoisotopic (exact) mass is 605 g/mol. The Bertz CT molecular complexity index is 1720. The number of para-hydroxylation sites is 1. The Labute approximate surface area is 247 Å². The minimum absolute atomic E-state index is 0.262. The lowest BCUT2D eigenvalue weighted by Gasteiger charge is -2.30. The summed E-state index contributed by atoms with van der Waals surface area (Å²) < 4.78 is 25.2. The minimum atomic E-state index is -0.815. The normalized spacial score (nSPS) is 19.3. The Kier molecular flexibility index (Phi) is 7.56. The lowest BCUT2D eigenvalue weighted by Crippen LogP contribution is -2.32. The quantitative estimate of drug-likeness (QED) is 0.278. The lowest BCUT2D eigenvalue weighted by molar-refractivity contribution is -0.122. The van der Waals surface area contributed by atoms with Crippen LogP contribution in [0.15, 0.2) is 82.6 Å². The predicted molar refractivity (Wildman–Crippen MR) is 157 cm³/mol. The summed E-state index contributed by atoms with van der Waals surface area (Å²) in [6.45, 7) is 1.85. The van der Waals surface area contributed by atoms with E-state index in [1.165, 1.54) is 24.3 Å². The molecule has 6 rings (SSSR count). The van der Waals surface area contributed by atoms with Crippen molar-refractivity contribution in [2.24, 2.45) is 5.92 Å². The van der Waals surface area contributed by atoms with E-state index in [1.807, 2.05) is 25.1 Å². The zero-order valence-electron chi connectivity index (χ0n) is 22.2. The van der Waals surface area contributed by atoms with Crippen LogP contribution in [0.5, 0.6) is 11.5 Å². The molecule has 2 N–H and O–H groups in total. The van der Waals surface area contributed by atoms with Crippen LogP contribution < -0.4 is 24.6 Å². The number of nitrogens with zero attached hydrogens (tertiary/aromatic N) is 1. The number of imide groups is 1. The van der Waals surface area contributed by atoms with E-state index in [2.05, 4.69) is 10.3 Å². The van der Waals surface area contributed by atoms with Gasteiger partial charge in [-0.3, -0.25) is 19.2 Å². The first-order valence-electron chi connectivity index (χ1n) is 13.1. The number of thiazole rings is 1. The van der Waals surface area contributed by atoms with Gasteiger partial charge in [0, 0.05) is 16.5 Å². The maximum absolute atomic E-state index is 13.9. The van der Waals surface area contributed by atoms with Crippen molar-refractivity contribution in [2.75, 3.05) is 23.4 Å². The van der Waals surface area contributed by atoms with Crippen molar-refractivity contribution in [2.45, 2.75) is 23.1 Å². The van der Waals surface area contributed by atoms with E-state index < -0.39 is 34.7 Å². The van der Waals surface area contributed by atoms with Gasteiger partial charge >= 0.3 is 4.87 Å². The summed E-state index contributed by atoms with van der Waals surface area (Å²) in [6.07, 6.45) is 0. The van der Waals surface area contributed by atoms with Crippen molar-refractivity contribution in [3.05, 3.63) is 98.7 Å². The molecule has 12 heteroatoms. The summed E-state index contributed by atoms with van der Waals surface area (Å²) >= 11 is 2.15. The number of H-pyrrole nitrogens is 1. The molecular formula is C30H24FN3O6S2. The number of nitrogens with one attached hydrogen (secondary N) is 2. The zero-order chi connectivity index (χ0) is 29.4. The number of thioether (sulfide) groups is 1. The van der Waals surface area contributed by atoms with Gasteiger partial charge in [-0.05, 0) is 61.0 Å². The fraction of sp³-hybridized carbons (Fsp3) is 0.200. The molecule has 3 amide bonds. The number of hydrogen-bond acceptors (Lipinski definition) is 8. The van der Waals surface area contributed by atoms with Gasteiger partial charge in [-0.1, -0.05) is 47.4 Å². The van der Waals surface area contributed by atoms with Gasteiger partial charge in [-0.2, -0.15) is 0 Å². The molecular weight excluding hydrogens is 581 g/mol. The van der Waals surface area contributed by atoms with Crippen LogP contribution in [0, 0.1) is 11.7 Å². The highest BCUT2D eigenvalue weighted by atomic mass is 32.2. The molecule has 1 aromatic heterocycles. The molecule has 0 aliphatic carbocycles. The molecule has 1 saturated heterocycles. The van der Waals surface area contributed by atoms with E-state index in [-0.39, 0.29) is 23.1 Å². The lowest BCUT2D eigenvalue weighted by atomic mass is 9.83. The molecule has 3 atom stereocenters. The van der Waals surface area contributed by atoms with Crippen molar-refractivity contribution in [3.63, 3.8) is 0 Å². The Morgan fingerprint density at radius 1 is 0.976 bits per heavy atom. The van der Waals surface area contributed by atoms with E-state index >= 15 is 0 Å². The molecule has 1 fully saturated rings. The van der Waals surface area contributed by atoms with Gasteiger partial charge in [0.1, 0.15) is 11.1 Å². The van der Waals surface area contributed by atoms with Crippen LogP contribution in [0.3, 0.4) is 0 Å². The number of aromatic nitrogens is 1. The SMILES string of the molecule is CCOc1cc([C@H]2c3sc(=O)[nH]c3SC3C(=O)N(c4ccc(F)cc4)C(=O)C32)ccc1OCC(=O)Nc1ccccc1. The van der Waals surface area contributed by atoms with Gasteiger partial charge in [0.2, 0.25) is 11.8 Å². The number of amides is 3. The zero-order valence-corrected chi connectivity index (χ0v) is 23.8. The maximum atomic E-state index is 13.9. The minimum Gasteiger partial charge on any atom is -0.490 e. The summed E-state index contributed by atoms with van der Waals surface area (Å²) in [5.41, 5.74) is 1.57. The molecule has 214 valence electrons. The number of carbonyl (C=O) groups is 3. The average Bonchev–Trinajstić information content (AvgIpc) is 3.47. The number of anilines is 2. The van der Waals surface area contributed by atoms with E-state index in [4.69, 9.17) is 9.47 Å². The Morgan fingerprint density at radius 2 is 1.74 bits per heavy atom. The van der Waals surface area contributed by atoms with Crippen LogP contribution in [0.2, 0.25) is 0 Å². The molecule has 2 aliphatic rings. The molecule has 3 heterocycles. The molecule has 0 radical (unpaired) electrons. The van der Waals surface area contributed by atoms with Crippen molar-refractivity contribution >= 4 is 52.2 Å². The largest absolute Gasteiger partial charge is 0.490 e. The average molecular weight is 606 g/mol. The molecule has 0 bridgehead atoms. The molecule has 2 aliphatic heterocycles. The van der Waals surface area contributed by atoms with Gasteiger partial charge in [0.25, 0.3) is 5.91 Å². The van der Waals surface area contributed by atoms with E-state index in [9.17, 15) is 23.6 Å². The van der Waals surface area contributed by atoms with Crippen LogP contribution >= 0.6 is 23.1 Å². The van der Waals surface area contributed by atoms with Crippen LogP contribution in [0.25, 0.3) is 0 Å². The summed E-state index contributed by atoms with van der Waals surface area (Å²) in [5, 5.41) is 2.50. The van der Waals surface area contributed by atoms with Gasteiger partial charge in [-0.15, -0.1) is 0 Å². The first-order chi connectivity index (χ1) is 20.3. The van der Waals surface area contributed by atoms with Crippen LogP contribution in [-0.4, -0.2) is 41.2 Å². The van der Waals surface area contributed by atoms with Crippen LogP contribution in [-0.2, 0) is 14.4 Å². The van der Waals surface area contributed by atoms with Crippen molar-refractivity contribution < 1.29 is 28.2 Å². The fourth-order valence-corrected chi connectivity index (χ4v) is 7.70. The predicted octanol–water partition coefficient (Wildman–Crippen LogP) is 4.79. The maximum Gasteiger partial charge on any atom is 0.305 e. The molecule has 3 aromatic carbocycles. The number of carbonyl (C=O) groups excluding carboxylic acids is 3. The Balaban J connectivity index is 1.32. The van der Waals surface area contributed by atoms with Crippen molar-refractivity contribution in [3.8, 4) is 11.5 Å². The molecule has 9 nitrogen and oxygen atoms in total. The van der Waals surface area contributed by atoms with Crippen LogP contribution in [0.1, 0.15) is 23.3 Å². The van der Waals surface area contributed by atoms with Gasteiger partial charge in [0.05, 0.1) is 23.2 Å². The standard InChI is InChI=1S/C30H24FN3O6S2/c1-2-39-21-14-16(8-13-20(21)40-15-22(35)32-18-6-4-3-5-7-18)23-24-26(41-27-25(23)42-30(38)33-27)29(37)34(28(24)36)19-11-9-17(31)10-12-19/h3-14,23-24,26H,2,15H2,1H3,(H,32,35)(H,33,38)/t23-,24?,26?/m1/s1. The Hall–Kier alpha value is -4.42. The fourth-order valence-electron chi connectivity index (χ4n) is 5.19. The molecule has 0 spiro atoms. The number of aromatic amines is 1. The van der Waals surface area contributed by atoms with E-state index in [0.29, 0.717) is 39.3 Å². The summed E-state index contributed by atoms with van der Waals surface area (Å²) in [4.78, 5) is 56.5. The van der Waals surface area contributed by atoms with Crippen molar-refractivity contribution in [1.29, 1.82) is 0 Å². The van der Waals surface area contributed by atoms with Crippen LogP contribution in [0.4, 0.5) is 15.8 Å². The highest BCUT2D eigenvalue weighted by Crippen LogP contribution is 2.53. The number of rotatable bonds is 8. The number of ether oxygens (including phenoxy) is 2. The smallest absolute Gasteiger partial charge is 0.305 e. The second kappa shape index (κ2) is 11.5. The van der Waals surface area contributed by atoms with Gasteiger partial charge in [0.15, 0.2) is 18.1 Å². The molecule has 42 heavy (non-hydrogen) atoms. The van der Waals surface area contributed by atoms with Gasteiger partial charge in [-0.25, -0.2) is 9.29 Å². The summed E-state index contributed by atoms with van der Waals surface area (Å²) in [5.74, 6) is -2.46. The molecule has 0 saturated carbocycles. The third kappa shape index (κ3) is 5.19. The second-order valence-corrected chi connectivity index (χ2v) is 11.7. The number of halogens is 1. The third-order valence-electron chi connectivity index (χ3n) is 6.95. The number of hydrogen-bond donors (Lipinski definition) is 2. The highest BCUT2D eigenvalue weighted by Gasteiger charge is 2.56. The molecule has 2 unspecified atom stereocenters. The number of fused-ring (bicyclic) bond motifs is 2. The first kappa shape index (κ1) is 27.7. The van der Waals surface area contributed by atoms with E-state index in [0.717, 1.165) is 28.0 Å². The number of benzene rings is 3. The van der Waals surface area contributed by atoms with Gasteiger partial charge < -0.3 is 19.8 Å². The second-order valence-electron chi connectivity index (χ2n) is 9.58. The van der Waals surface area contributed by atoms with Crippen molar-refractivity contribution in [1.82, 2.24) is 4.98 Å². The topological polar surface area (TPSA) is 118 Å². The molecule has 4 aromatic rings. The Morgan fingerprint density at radius 3 is 2.48 bits per heavy atom. The third-order valence-corrected chi connectivity index (χ3v) is 9.35. The first-order valence-corrected chi connectivity index (χ1v) is 14.8.